The van der Waals surface area contributed by atoms with Gasteiger partial charge >= 0.3 is 6.03 Å². The molecule has 0 spiro atoms. The second kappa shape index (κ2) is 9.30. The van der Waals surface area contributed by atoms with Gasteiger partial charge < -0.3 is 21.7 Å². The molecule has 7 nitrogen and oxygen atoms in total. The van der Waals surface area contributed by atoms with Crippen molar-refractivity contribution in [2.24, 2.45) is 11.7 Å². The van der Waals surface area contributed by atoms with Crippen LogP contribution in [0.25, 0.3) is 0 Å². The molecule has 0 aliphatic rings. The van der Waals surface area contributed by atoms with Crippen LogP contribution < -0.4 is 21.7 Å². The SMILES string of the molecule is CN[C@@H](C(=O)N[C@@H](CCCNC(N)=O)C(C)=O)C(C)C. The zero-order valence-corrected chi connectivity index (χ0v) is 12.7. The van der Waals surface area contributed by atoms with Gasteiger partial charge in [0.25, 0.3) is 0 Å². The van der Waals surface area contributed by atoms with Gasteiger partial charge in [0.15, 0.2) is 5.78 Å². The summed E-state index contributed by atoms with van der Waals surface area (Å²) in [6, 6.07) is -1.46. The molecule has 0 aliphatic carbocycles. The lowest BCUT2D eigenvalue weighted by molar-refractivity contribution is -0.129. The Kier molecular flexibility index (Phi) is 8.54. The summed E-state index contributed by atoms with van der Waals surface area (Å²) in [4.78, 5) is 34.1. The van der Waals surface area contributed by atoms with E-state index in [-0.39, 0.29) is 23.7 Å². The fourth-order valence-corrected chi connectivity index (χ4v) is 1.92. The van der Waals surface area contributed by atoms with Crippen LogP contribution in [0, 0.1) is 5.92 Å². The van der Waals surface area contributed by atoms with Gasteiger partial charge in [-0.05, 0) is 32.7 Å². The van der Waals surface area contributed by atoms with Crippen LogP contribution in [0.4, 0.5) is 4.79 Å². The lowest BCUT2D eigenvalue weighted by Crippen LogP contribution is -2.51. The molecule has 20 heavy (non-hydrogen) atoms. The first-order valence-corrected chi connectivity index (χ1v) is 6.81. The summed E-state index contributed by atoms with van der Waals surface area (Å²) in [6.45, 7) is 5.69. The lowest BCUT2D eigenvalue weighted by Gasteiger charge is -2.23. The summed E-state index contributed by atoms with van der Waals surface area (Å²) in [6.07, 6.45) is 1.04. The third-order valence-corrected chi connectivity index (χ3v) is 3.04. The Labute approximate surface area is 120 Å². The summed E-state index contributed by atoms with van der Waals surface area (Å²) in [7, 11) is 1.71. The molecule has 0 rings (SSSR count). The fourth-order valence-electron chi connectivity index (χ4n) is 1.92. The van der Waals surface area contributed by atoms with Crippen LogP contribution in [0.2, 0.25) is 0 Å². The summed E-state index contributed by atoms with van der Waals surface area (Å²) >= 11 is 0. The van der Waals surface area contributed by atoms with Gasteiger partial charge in [0.05, 0.1) is 12.1 Å². The first-order chi connectivity index (χ1) is 9.29. The molecule has 0 radical (unpaired) electrons. The third kappa shape index (κ3) is 7.08. The van der Waals surface area contributed by atoms with Crippen LogP contribution in [-0.2, 0) is 9.59 Å². The van der Waals surface area contributed by atoms with Crippen molar-refractivity contribution in [2.45, 2.75) is 45.7 Å². The summed E-state index contributed by atoms with van der Waals surface area (Å²) < 4.78 is 0. The normalized spacial score (nSPS) is 13.7. The number of hydrogen-bond acceptors (Lipinski definition) is 4. The van der Waals surface area contributed by atoms with Crippen molar-refractivity contribution >= 4 is 17.7 Å². The Bertz CT molecular complexity index is 345. The molecule has 116 valence electrons. The highest BCUT2D eigenvalue weighted by atomic mass is 16.2. The number of rotatable bonds is 9. The average Bonchev–Trinajstić information content (AvgIpc) is 2.32. The van der Waals surface area contributed by atoms with Gasteiger partial charge in [-0.15, -0.1) is 0 Å². The average molecular weight is 286 g/mol. The van der Waals surface area contributed by atoms with E-state index in [1.165, 1.54) is 6.92 Å². The van der Waals surface area contributed by atoms with E-state index < -0.39 is 12.1 Å². The highest BCUT2D eigenvalue weighted by Crippen LogP contribution is 2.04. The first-order valence-electron chi connectivity index (χ1n) is 6.81. The molecule has 0 aliphatic heterocycles. The number of ketones is 1. The zero-order chi connectivity index (χ0) is 15.7. The van der Waals surface area contributed by atoms with Crippen molar-refractivity contribution in [3.05, 3.63) is 0 Å². The number of carbonyl (C=O) groups excluding carboxylic acids is 3. The van der Waals surface area contributed by atoms with Crippen LogP contribution >= 0.6 is 0 Å². The van der Waals surface area contributed by atoms with Crippen molar-refractivity contribution < 1.29 is 14.4 Å². The lowest BCUT2D eigenvalue weighted by atomic mass is 10.0. The topological polar surface area (TPSA) is 113 Å². The molecule has 0 aromatic heterocycles. The van der Waals surface area contributed by atoms with Gasteiger partial charge in [0.1, 0.15) is 0 Å². The standard InChI is InChI=1S/C13H26N4O3/c1-8(2)11(15-4)12(19)17-10(9(3)18)6-5-7-16-13(14)20/h8,10-11,15H,5-7H2,1-4H3,(H,17,19)(H3,14,16,20)/t10-,11+/m0/s1. The highest BCUT2D eigenvalue weighted by Gasteiger charge is 2.24. The molecule has 0 aromatic carbocycles. The number of Topliss-reactive ketones (excluding diaryl/α,β-unsaturated/α-hetero) is 1. The second-order valence-electron chi connectivity index (χ2n) is 5.12. The highest BCUT2D eigenvalue weighted by molar-refractivity contribution is 5.89. The molecule has 0 bridgehead atoms. The van der Waals surface area contributed by atoms with E-state index in [0.717, 1.165) is 0 Å². The largest absolute Gasteiger partial charge is 0.352 e. The van der Waals surface area contributed by atoms with Crippen molar-refractivity contribution in [2.75, 3.05) is 13.6 Å². The van der Waals surface area contributed by atoms with Crippen LogP contribution in [0.5, 0.6) is 0 Å². The van der Waals surface area contributed by atoms with Crippen molar-refractivity contribution in [3.63, 3.8) is 0 Å². The van der Waals surface area contributed by atoms with E-state index >= 15 is 0 Å². The molecule has 3 amide bonds. The maximum atomic E-state index is 12.1. The molecule has 0 fully saturated rings. The Morgan fingerprint density at radius 1 is 1.20 bits per heavy atom. The number of nitrogens with one attached hydrogen (secondary N) is 3. The molecule has 2 atom stereocenters. The summed E-state index contributed by atoms with van der Waals surface area (Å²) in [5.41, 5.74) is 4.95. The first kappa shape index (κ1) is 18.4. The molecule has 0 heterocycles. The smallest absolute Gasteiger partial charge is 0.312 e. The maximum absolute atomic E-state index is 12.1. The number of hydrogen-bond donors (Lipinski definition) is 4. The maximum Gasteiger partial charge on any atom is 0.312 e. The molecule has 5 N–H and O–H groups in total. The number of primary amides is 1. The number of likely N-dealkylation sites (N-methyl/N-ethyl adjacent to an activating group) is 1. The minimum atomic E-state index is -0.594. The van der Waals surface area contributed by atoms with E-state index in [9.17, 15) is 14.4 Å². The summed E-state index contributed by atoms with van der Waals surface area (Å²) in [5, 5.41) is 8.12. The van der Waals surface area contributed by atoms with Crippen LogP contribution in [-0.4, -0.2) is 43.4 Å². The van der Waals surface area contributed by atoms with Gasteiger partial charge in [-0.3, -0.25) is 9.59 Å². The van der Waals surface area contributed by atoms with E-state index in [0.29, 0.717) is 19.4 Å². The number of nitrogens with two attached hydrogens (primary N) is 1. The quantitative estimate of drug-likeness (QED) is 0.438. The molecule has 0 saturated carbocycles. The van der Waals surface area contributed by atoms with E-state index in [1.807, 2.05) is 13.8 Å². The van der Waals surface area contributed by atoms with Gasteiger partial charge in [-0.25, -0.2) is 4.79 Å². The molecule has 7 heteroatoms. The molecular weight excluding hydrogens is 260 g/mol. The van der Waals surface area contributed by atoms with E-state index in [1.54, 1.807) is 7.05 Å². The Hall–Kier alpha value is -1.63. The molecule has 0 aromatic rings. The van der Waals surface area contributed by atoms with Gasteiger partial charge in [0.2, 0.25) is 5.91 Å². The minimum absolute atomic E-state index is 0.101. The monoisotopic (exact) mass is 286 g/mol. The number of amides is 3. The number of carbonyl (C=O) groups is 3. The van der Waals surface area contributed by atoms with E-state index in [4.69, 9.17) is 5.73 Å². The molecule has 0 saturated heterocycles. The van der Waals surface area contributed by atoms with Crippen molar-refractivity contribution in [1.29, 1.82) is 0 Å². The molecular formula is C13H26N4O3. The Balaban J connectivity index is 4.36. The predicted molar refractivity (Wildman–Crippen MR) is 77.1 cm³/mol. The van der Waals surface area contributed by atoms with Crippen molar-refractivity contribution in [1.82, 2.24) is 16.0 Å². The van der Waals surface area contributed by atoms with Crippen molar-refractivity contribution in [3.8, 4) is 0 Å². The summed E-state index contributed by atoms with van der Waals surface area (Å²) in [5.74, 6) is -0.161. The third-order valence-electron chi connectivity index (χ3n) is 3.04. The minimum Gasteiger partial charge on any atom is -0.352 e. The van der Waals surface area contributed by atoms with Crippen LogP contribution in [0.3, 0.4) is 0 Å². The van der Waals surface area contributed by atoms with Gasteiger partial charge in [0, 0.05) is 6.54 Å². The molecule has 0 unspecified atom stereocenters. The fraction of sp³-hybridized carbons (Fsp3) is 0.769. The Morgan fingerprint density at radius 2 is 1.80 bits per heavy atom. The number of urea groups is 1. The van der Waals surface area contributed by atoms with E-state index in [2.05, 4.69) is 16.0 Å². The van der Waals surface area contributed by atoms with Crippen LogP contribution in [0.15, 0.2) is 0 Å². The van der Waals surface area contributed by atoms with Crippen LogP contribution in [0.1, 0.15) is 33.6 Å². The van der Waals surface area contributed by atoms with Gasteiger partial charge in [-0.1, -0.05) is 13.8 Å². The second-order valence-corrected chi connectivity index (χ2v) is 5.12. The Morgan fingerprint density at radius 3 is 2.20 bits per heavy atom. The zero-order valence-electron chi connectivity index (χ0n) is 12.7. The predicted octanol–water partition coefficient (Wildman–Crippen LogP) is -0.247. The van der Waals surface area contributed by atoms with Gasteiger partial charge in [-0.2, -0.15) is 0 Å².